The molecule has 0 aromatic rings. The van der Waals surface area contributed by atoms with E-state index in [-0.39, 0.29) is 24.8 Å². The summed E-state index contributed by atoms with van der Waals surface area (Å²) in [4.78, 5) is 22.7. The lowest BCUT2D eigenvalue weighted by Crippen LogP contribution is -2.37. The van der Waals surface area contributed by atoms with Crippen molar-refractivity contribution in [1.29, 1.82) is 0 Å². The molecule has 0 spiro atoms. The zero-order valence-electron chi connectivity index (χ0n) is 10.5. The van der Waals surface area contributed by atoms with Gasteiger partial charge in [0.15, 0.2) is 5.78 Å². The average molecular weight is 231 g/mol. The lowest BCUT2D eigenvalue weighted by atomic mass is 9.91. The summed E-state index contributed by atoms with van der Waals surface area (Å²) in [5, 5.41) is 2.51. The minimum absolute atomic E-state index is 0.00209. The third-order valence-electron chi connectivity index (χ3n) is 1.95. The Kier molecular flexibility index (Phi) is 6.92. The lowest BCUT2D eigenvalue weighted by Gasteiger charge is -2.16. The summed E-state index contributed by atoms with van der Waals surface area (Å²) < 4.78 is 9.76. The van der Waals surface area contributed by atoms with Gasteiger partial charge in [-0.3, -0.25) is 9.59 Å². The van der Waals surface area contributed by atoms with Gasteiger partial charge in [0.25, 0.3) is 0 Å². The van der Waals surface area contributed by atoms with Gasteiger partial charge < -0.3 is 14.8 Å². The Morgan fingerprint density at radius 2 is 1.81 bits per heavy atom. The van der Waals surface area contributed by atoms with Crippen LogP contribution in [0.4, 0.5) is 0 Å². The van der Waals surface area contributed by atoms with E-state index in [1.165, 1.54) is 0 Å². The van der Waals surface area contributed by atoms with Crippen LogP contribution in [-0.2, 0) is 19.1 Å². The van der Waals surface area contributed by atoms with Gasteiger partial charge in [0, 0.05) is 12.5 Å². The smallest absolute Gasteiger partial charge is 0.246 e. The molecule has 0 bridgehead atoms. The van der Waals surface area contributed by atoms with Gasteiger partial charge in [-0.25, -0.2) is 0 Å². The molecule has 0 rings (SSSR count). The van der Waals surface area contributed by atoms with E-state index in [9.17, 15) is 9.59 Å². The maximum Gasteiger partial charge on any atom is 0.246 e. The predicted molar refractivity (Wildman–Crippen MR) is 60.2 cm³/mol. The van der Waals surface area contributed by atoms with E-state index in [1.807, 2.05) is 20.8 Å². The van der Waals surface area contributed by atoms with Gasteiger partial charge in [-0.1, -0.05) is 20.8 Å². The van der Waals surface area contributed by atoms with Gasteiger partial charge in [-0.15, -0.1) is 0 Å². The Morgan fingerprint density at radius 3 is 2.31 bits per heavy atom. The van der Waals surface area contributed by atoms with Crippen molar-refractivity contribution in [2.75, 3.05) is 33.5 Å². The van der Waals surface area contributed by atoms with E-state index in [1.54, 1.807) is 7.11 Å². The van der Waals surface area contributed by atoms with E-state index in [0.717, 1.165) is 0 Å². The summed E-state index contributed by atoms with van der Waals surface area (Å²) in [7, 11) is 1.56. The van der Waals surface area contributed by atoms with Crippen LogP contribution in [-0.4, -0.2) is 45.2 Å². The first-order valence-electron chi connectivity index (χ1n) is 5.24. The Balaban J connectivity index is 3.62. The fourth-order valence-corrected chi connectivity index (χ4v) is 0.802. The Morgan fingerprint density at radius 1 is 1.19 bits per heavy atom. The molecule has 5 nitrogen and oxygen atoms in total. The maximum absolute atomic E-state index is 11.5. The first-order chi connectivity index (χ1) is 7.38. The van der Waals surface area contributed by atoms with E-state index >= 15 is 0 Å². The largest absolute Gasteiger partial charge is 0.382 e. The van der Waals surface area contributed by atoms with Crippen molar-refractivity contribution in [2.45, 2.75) is 20.8 Å². The van der Waals surface area contributed by atoms with E-state index in [2.05, 4.69) is 5.32 Å². The highest BCUT2D eigenvalue weighted by Gasteiger charge is 2.21. The molecule has 0 atom stereocenters. The maximum atomic E-state index is 11.5. The SMILES string of the molecule is COCCOCC(=O)NCC(=O)C(C)(C)C. The topological polar surface area (TPSA) is 64.6 Å². The molecular formula is C11H21NO4. The normalized spacial score (nSPS) is 11.2. The highest BCUT2D eigenvalue weighted by molar-refractivity contribution is 5.89. The second kappa shape index (κ2) is 7.35. The third kappa shape index (κ3) is 7.36. The molecule has 0 aliphatic carbocycles. The monoisotopic (exact) mass is 231 g/mol. The van der Waals surface area contributed by atoms with Crippen molar-refractivity contribution < 1.29 is 19.1 Å². The van der Waals surface area contributed by atoms with Crippen LogP contribution in [0.5, 0.6) is 0 Å². The van der Waals surface area contributed by atoms with Crippen LogP contribution in [0.3, 0.4) is 0 Å². The molecule has 0 aliphatic heterocycles. The van der Waals surface area contributed by atoms with E-state index in [4.69, 9.17) is 9.47 Å². The molecule has 16 heavy (non-hydrogen) atoms. The van der Waals surface area contributed by atoms with Crippen molar-refractivity contribution in [3.05, 3.63) is 0 Å². The average Bonchev–Trinajstić information content (AvgIpc) is 2.19. The van der Waals surface area contributed by atoms with Gasteiger partial charge in [-0.05, 0) is 0 Å². The van der Waals surface area contributed by atoms with Crippen LogP contribution in [0.15, 0.2) is 0 Å². The highest BCUT2D eigenvalue weighted by atomic mass is 16.5. The summed E-state index contributed by atoms with van der Waals surface area (Å²) in [6.45, 7) is 6.28. The molecular weight excluding hydrogens is 210 g/mol. The molecule has 0 saturated heterocycles. The van der Waals surface area contributed by atoms with Crippen molar-refractivity contribution in [3.63, 3.8) is 0 Å². The molecule has 0 aromatic heterocycles. The number of hydrogen-bond acceptors (Lipinski definition) is 4. The second-order valence-corrected chi connectivity index (χ2v) is 4.50. The number of Topliss-reactive ketones (excluding diaryl/α,β-unsaturated/α-hetero) is 1. The number of hydrogen-bond donors (Lipinski definition) is 1. The Hall–Kier alpha value is -0.940. The first kappa shape index (κ1) is 15.1. The van der Waals surface area contributed by atoms with Gasteiger partial charge in [-0.2, -0.15) is 0 Å². The number of ether oxygens (including phenoxy) is 2. The van der Waals surface area contributed by atoms with Crippen LogP contribution in [0.25, 0.3) is 0 Å². The minimum atomic E-state index is -0.426. The molecule has 0 aromatic carbocycles. The summed E-state index contributed by atoms with van der Waals surface area (Å²) in [5.41, 5.74) is -0.426. The third-order valence-corrected chi connectivity index (χ3v) is 1.95. The standard InChI is InChI=1S/C11H21NO4/c1-11(2,3)9(13)7-12-10(14)8-16-6-5-15-4/h5-8H2,1-4H3,(H,12,14). The number of amides is 1. The molecule has 0 unspecified atom stereocenters. The van der Waals surface area contributed by atoms with Crippen LogP contribution < -0.4 is 5.32 Å². The van der Waals surface area contributed by atoms with Gasteiger partial charge in [0.1, 0.15) is 6.61 Å². The molecule has 0 aliphatic rings. The summed E-state index contributed by atoms with van der Waals surface area (Å²) in [5.74, 6) is -0.286. The Labute approximate surface area is 96.5 Å². The van der Waals surface area contributed by atoms with E-state index < -0.39 is 5.41 Å². The van der Waals surface area contributed by atoms with Gasteiger partial charge >= 0.3 is 0 Å². The highest BCUT2D eigenvalue weighted by Crippen LogP contribution is 2.13. The molecule has 0 saturated carbocycles. The first-order valence-corrected chi connectivity index (χ1v) is 5.24. The number of carbonyl (C=O) groups excluding carboxylic acids is 2. The van der Waals surface area contributed by atoms with Crippen molar-refractivity contribution in [3.8, 4) is 0 Å². The quantitative estimate of drug-likeness (QED) is 0.643. The summed E-state index contributed by atoms with van der Waals surface area (Å²) in [6, 6.07) is 0. The number of ketones is 1. The number of rotatable bonds is 7. The Bertz CT molecular complexity index is 233. The fourth-order valence-electron chi connectivity index (χ4n) is 0.802. The minimum Gasteiger partial charge on any atom is -0.382 e. The molecule has 94 valence electrons. The lowest BCUT2D eigenvalue weighted by molar-refractivity contribution is -0.131. The molecule has 0 heterocycles. The van der Waals surface area contributed by atoms with E-state index in [0.29, 0.717) is 13.2 Å². The van der Waals surface area contributed by atoms with Gasteiger partial charge in [0.2, 0.25) is 5.91 Å². The van der Waals surface area contributed by atoms with Crippen LogP contribution in [0.2, 0.25) is 0 Å². The van der Waals surface area contributed by atoms with Crippen molar-refractivity contribution >= 4 is 11.7 Å². The summed E-state index contributed by atoms with van der Waals surface area (Å²) >= 11 is 0. The van der Waals surface area contributed by atoms with Crippen molar-refractivity contribution in [2.24, 2.45) is 5.41 Å². The van der Waals surface area contributed by atoms with Crippen LogP contribution in [0, 0.1) is 5.41 Å². The van der Waals surface area contributed by atoms with Crippen LogP contribution >= 0.6 is 0 Å². The molecule has 1 N–H and O–H groups in total. The van der Waals surface area contributed by atoms with Gasteiger partial charge in [0.05, 0.1) is 19.8 Å². The molecule has 5 heteroatoms. The zero-order chi connectivity index (χ0) is 12.6. The summed E-state index contributed by atoms with van der Waals surface area (Å²) in [6.07, 6.45) is 0. The molecule has 0 fully saturated rings. The number of carbonyl (C=O) groups is 2. The van der Waals surface area contributed by atoms with Crippen molar-refractivity contribution in [1.82, 2.24) is 5.32 Å². The fraction of sp³-hybridized carbons (Fsp3) is 0.818. The zero-order valence-corrected chi connectivity index (χ0v) is 10.5. The molecule has 0 radical (unpaired) electrons. The number of nitrogens with one attached hydrogen (secondary N) is 1. The molecule has 1 amide bonds. The predicted octanol–water partition coefficient (Wildman–Crippen LogP) is 0.381. The van der Waals surface area contributed by atoms with Crippen LogP contribution in [0.1, 0.15) is 20.8 Å². The second-order valence-electron chi connectivity index (χ2n) is 4.50. The number of methoxy groups -OCH3 is 1.